The Morgan fingerprint density at radius 2 is 1.73 bits per heavy atom. The van der Waals surface area contributed by atoms with Crippen LogP contribution in [0.15, 0.2) is 124 Å². The van der Waals surface area contributed by atoms with Crippen LogP contribution in [0.4, 0.5) is 10.1 Å². The lowest BCUT2D eigenvalue weighted by Gasteiger charge is -2.25. The van der Waals surface area contributed by atoms with Gasteiger partial charge in [-0.2, -0.15) is 0 Å². The molecule has 45 heavy (non-hydrogen) atoms. The third-order valence-electron chi connectivity index (χ3n) is 7.24. The number of allylic oxidation sites excluding steroid dienone is 1. The number of benzene rings is 4. The van der Waals surface area contributed by atoms with Crippen molar-refractivity contribution < 1.29 is 23.8 Å². The van der Waals surface area contributed by atoms with Gasteiger partial charge in [0.1, 0.15) is 18.2 Å². The van der Waals surface area contributed by atoms with E-state index < -0.39 is 23.7 Å². The average molecular weight is 620 g/mol. The second kappa shape index (κ2) is 12.6. The summed E-state index contributed by atoms with van der Waals surface area (Å²) in [7, 11) is 0. The molecule has 1 aromatic heterocycles. The number of hydrogen-bond acceptors (Lipinski definition) is 6. The first kappa shape index (κ1) is 29.5. The van der Waals surface area contributed by atoms with Gasteiger partial charge in [-0.1, -0.05) is 65.9 Å². The molecule has 0 radical (unpaired) electrons. The number of carbonyl (C=O) groups excluding carboxylic acids is 1. The van der Waals surface area contributed by atoms with Gasteiger partial charge in [0, 0.05) is 5.69 Å². The van der Waals surface area contributed by atoms with Gasteiger partial charge in [0.2, 0.25) is 0 Å². The highest BCUT2D eigenvalue weighted by molar-refractivity contribution is 7.07. The zero-order valence-corrected chi connectivity index (χ0v) is 24.8. The van der Waals surface area contributed by atoms with Crippen molar-refractivity contribution in [3.8, 4) is 5.75 Å². The molecule has 10 heteroatoms. The minimum Gasteiger partial charge on any atom is -0.489 e. The van der Waals surface area contributed by atoms with E-state index in [0.29, 0.717) is 37.6 Å². The molecule has 0 spiro atoms. The van der Waals surface area contributed by atoms with E-state index in [1.54, 1.807) is 67.6 Å². The third kappa shape index (κ3) is 6.36. The van der Waals surface area contributed by atoms with Gasteiger partial charge in [0.15, 0.2) is 4.80 Å². The first-order chi connectivity index (χ1) is 21.8. The van der Waals surface area contributed by atoms with Crippen LogP contribution in [-0.2, 0) is 11.4 Å². The van der Waals surface area contributed by atoms with E-state index in [4.69, 9.17) is 4.74 Å². The molecule has 6 rings (SSSR count). The summed E-state index contributed by atoms with van der Waals surface area (Å²) in [6, 6.07) is 27.6. The van der Waals surface area contributed by atoms with Crippen molar-refractivity contribution in [1.29, 1.82) is 0 Å². The molecule has 0 fully saturated rings. The summed E-state index contributed by atoms with van der Waals surface area (Å²) in [5.74, 6) is -1.26. The predicted molar refractivity (Wildman–Crippen MR) is 169 cm³/mol. The molecule has 1 aliphatic rings. The number of carboxylic acid groups (broad SMARTS) is 1. The van der Waals surface area contributed by atoms with Gasteiger partial charge in [-0.25, -0.2) is 14.2 Å². The van der Waals surface area contributed by atoms with Crippen molar-refractivity contribution in [2.24, 2.45) is 4.99 Å². The van der Waals surface area contributed by atoms with Crippen molar-refractivity contribution >= 4 is 35.0 Å². The van der Waals surface area contributed by atoms with Crippen LogP contribution in [-0.4, -0.2) is 21.6 Å². The molecule has 0 saturated carbocycles. The van der Waals surface area contributed by atoms with Gasteiger partial charge in [-0.3, -0.25) is 14.2 Å². The van der Waals surface area contributed by atoms with Crippen molar-refractivity contribution in [3.63, 3.8) is 0 Å². The number of fused-ring (bicyclic) bond motifs is 1. The fourth-order valence-electron chi connectivity index (χ4n) is 5.06. The number of aromatic carboxylic acids is 1. The number of ether oxygens (including phenoxy) is 1. The molecule has 1 atom stereocenters. The Hall–Kier alpha value is -5.61. The predicted octanol–water partition coefficient (Wildman–Crippen LogP) is 5.29. The van der Waals surface area contributed by atoms with E-state index in [9.17, 15) is 23.9 Å². The molecule has 2 heterocycles. The summed E-state index contributed by atoms with van der Waals surface area (Å²) in [6.07, 6.45) is 1.74. The second-order valence-corrected chi connectivity index (χ2v) is 11.3. The van der Waals surface area contributed by atoms with Gasteiger partial charge < -0.3 is 15.2 Å². The van der Waals surface area contributed by atoms with Gasteiger partial charge in [-0.05, 0) is 78.2 Å². The number of aromatic nitrogens is 1. The molecular formula is C35H26FN3O5S. The number of para-hydroxylation sites is 1. The largest absolute Gasteiger partial charge is 0.489 e. The Morgan fingerprint density at radius 3 is 2.44 bits per heavy atom. The number of amides is 1. The van der Waals surface area contributed by atoms with Crippen molar-refractivity contribution in [2.75, 3.05) is 5.32 Å². The Bertz CT molecular complexity index is 2120. The molecule has 1 aliphatic heterocycles. The van der Waals surface area contributed by atoms with E-state index in [-0.39, 0.29) is 17.7 Å². The number of nitrogens with zero attached hydrogens (tertiary/aromatic N) is 2. The SMILES string of the molecule is CC1=C(C(=O)Nc2ccccc2)[C@@H](c2ccc(F)cc2)n2c(s/c(=C\c3ccc(OCc4cccc(C(=O)O)c4)cc3)c2=O)=N1. The normalized spacial score (nSPS) is 14.4. The lowest BCUT2D eigenvalue weighted by Crippen LogP contribution is -2.40. The molecule has 2 N–H and O–H groups in total. The molecule has 4 aromatic carbocycles. The van der Waals surface area contributed by atoms with E-state index >= 15 is 0 Å². The van der Waals surface area contributed by atoms with Gasteiger partial charge in [0.25, 0.3) is 11.5 Å². The number of anilines is 1. The molecule has 0 saturated heterocycles. The maximum Gasteiger partial charge on any atom is 0.335 e. The second-order valence-electron chi connectivity index (χ2n) is 10.3. The fraction of sp³-hybridized carbons (Fsp3) is 0.0857. The first-order valence-corrected chi connectivity index (χ1v) is 14.8. The Morgan fingerprint density at radius 1 is 1.00 bits per heavy atom. The number of thiazole rings is 1. The molecule has 0 bridgehead atoms. The molecular weight excluding hydrogens is 593 g/mol. The number of rotatable bonds is 8. The van der Waals surface area contributed by atoms with Crippen molar-refractivity contribution in [2.45, 2.75) is 19.6 Å². The first-order valence-electron chi connectivity index (χ1n) is 14.0. The van der Waals surface area contributed by atoms with Crippen LogP contribution in [0.5, 0.6) is 5.75 Å². The molecule has 1 amide bonds. The zero-order valence-electron chi connectivity index (χ0n) is 23.9. The summed E-state index contributed by atoms with van der Waals surface area (Å²) < 4.78 is 21.6. The quantitative estimate of drug-likeness (QED) is 0.245. The minimum atomic E-state index is -1.00. The highest BCUT2D eigenvalue weighted by atomic mass is 32.1. The Kier molecular flexibility index (Phi) is 8.22. The number of halogens is 1. The summed E-state index contributed by atoms with van der Waals surface area (Å²) in [5.41, 5.74) is 3.25. The number of hydrogen-bond donors (Lipinski definition) is 2. The number of carboxylic acids is 1. The smallest absolute Gasteiger partial charge is 0.335 e. The average Bonchev–Trinajstić information content (AvgIpc) is 3.34. The zero-order chi connectivity index (χ0) is 31.5. The van der Waals surface area contributed by atoms with E-state index in [1.165, 1.54) is 34.1 Å². The van der Waals surface area contributed by atoms with Gasteiger partial charge in [0.05, 0.1) is 27.4 Å². The van der Waals surface area contributed by atoms with Gasteiger partial charge in [-0.15, -0.1) is 0 Å². The van der Waals surface area contributed by atoms with Crippen LogP contribution in [0.25, 0.3) is 6.08 Å². The van der Waals surface area contributed by atoms with Crippen LogP contribution in [0.2, 0.25) is 0 Å². The van der Waals surface area contributed by atoms with Crippen LogP contribution in [0, 0.1) is 5.82 Å². The van der Waals surface area contributed by atoms with Gasteiger partial charge >= 0.3 is 5.97 Å². The molecule has 224 valence electrons. The van der Waals surface area contributed by atoms with Crippen LogP contribution in [0.3, 0.4) is 0 Å². The summed E-state index contributed by atoms with van der Waals surface area (Å²) in [5, 5.41) is 12.1. The molecule has 5 aromatic rings. The number of nitrogens with one attached hydrogen (secondary N) is 1. The summed E-state index contributed by atoms with van der Waals surface area (Å²) >= 11 is 1.20. The van der Waals surface area contributed by atoms with E-state index in [1.807, 2.05) is 30.3 Å². The maximum atomic E-state index is 13.9. The van der Waals surface area contributed by atoms with E-state index in [0.717, 1.165) is 11.1 Å². The van der Waals surface area contributed by atoms with Crippen LogP contribution < -0.4 is 24.9 Å². The topological polar surface area (TPSA) is 110 Å². The highest BCUT2D eigenvalue weighted by Gasteiger charge is 2.32. The summed E-state index contributed by atoms with van der Waals surface area (Å²) in [6.45, 7) is 1.92. The summed E-state index contributed by atoms with van der Waals surface area (Å²) in [4.78, 5) is 43.8. The Balaban J connectivity index is 1.31. The maximum absolute atomic E-state index is 13.9. The van der Waals surface area contributed by atoms with Crippen molar-refractivity contribution in [3.05, 3.63) is 162 Å². The van der Waals surface area contributed by atoms with E-state index in [2.05, 4.69) is 10.3 Å². The standard InChI is InChI=1S/C35H26FN3O5S/c1-21-30(32(40)38-27-8-3-2-4-9-27)31(24-12-14-26(36)15-13-24)39-33(41)29(45-35(39)37-21)19-22-10-16-28(17-11-22)44-20-23-6-5-7-25(18-23)34(42)43/h2-19,31H,20H2,1H3,(H,38,40)(H,42,43)/b29-19-/t31-/m1/s1. The monoisotopic (exact) mass is 619 g/mol. The molecule has 0 aliphatic carbocycles. The van der Waals surface area contributed by atoms with Crippen LogP contribution >= 0.6 is 11.3 Å². The third-order valence-corrected chi connectivity index (χ3v) is 8.22. The fourth-order valence-corrected chi connectivity index (χ4v) is 6.11. The molecule has 0 unspecified atom stereocenters. The lowest BCUT2D eigenvalue weighted by molar-refractivity contribution is -0.113. The highest BCUT2D eigenvalue weighted by Crippen LogP contribution is 2.31. The molecule has 8 nitrogen and oxygen atoms in total. The lowest BCUT2D eigenvalue weighted by atomic mass is 9.95. The minimum absolute atomic E-state index is 0.189. The van der Waals surface area contributed by atoms with Crippen molar-refractivity contribution in [1.82, 2.24) is 4.57 Å². The van der Waals surface area contributed by atoms with Crippen LogP contribution in [0.1, 0.15) is 40.0 Å². The number of carbonyl (C=O) groups is 2. The Labute approximate surface area is 260 Å².